The molecule has 2 rings (SSSR count). The van der Waals surface area contributed by atoms with E-state index in [1.165, 1.54) is 12.3 Å². The molecule has 4 nitrogen and oxygen atoms in total. The highest BCUT2D eigenvalue weighted by molar-refractivity contribution is 6.51. The highest BCUT2D eigenvalue weighted by Gasteiger charge is 2.17. The maximum absolute atomic E-state index is 13.0. The first kappa shape index (κ1) is 11.9. The van der Waals surface area contributed by atoms with Gasteiger partial charge in [0.15, 0.2) is 5.71 Å². The molecule has 0 aliphatic carbocycles. The van der Waals surface area contributed by atoms with E-state index < -0.39 is 11.7 Å². The van der Waals surface area contributed by atoms with Crippen LogP contribution in [0.25, 0.3) is 0 Å². The van der Waals surface area contributed by atoms with Crippen molar-refractivity contribution in [2.75, 3.05) is 0 Å². The highest BCUT2D eigenvalue weighted by atomic mass is 19.1. The topological polar surface area (TPSA) is 62.5 Å². The van der Waals surface area contributed by atoms with Gasteiger partial charge >= 0.3 is 0 Å². The van der Waals surface area contributed by atoms with Gasteiger partial charge in [0, 0.05) is 23.4 Å². The molecule has 0 aliphatic heterocycles. The van der Waals surface area contributed by atoms with E-state index in [0.717, 1.165) is 6.07 Å². The zero-order chi connectivity index (χ0) is 13.0. The van der Waals surface area contributed by atoms with E-state index in [0.29, 0.717) is 5.56 Å². The van der Waals surface area contributed by atoms with Crippen molar-refractivity contribution in [3.05, 3.63) is 65.7 Å². The van der Waals surface area contributed by atoms with E-state index in [1.807, 2.05) is 0 Å². The Morgan fingerprint density at radius 2 is 1.89 bits per heavy atom. The van der Waals surface area contributed by atoms with Crippen molar-refractivity contribution in [2.24, 2.45) is 5.16 Å². The summed E-state index contributed by atoms with van der Waals surface area (Å²) >= 11 is 0. The van der Waals surface area contributed by atoms with Crippen molar-refractivity contribution < 1.29 is 14.4 Å². The molecule has 1 N–H and O–H groups in total. The van der Waals surface area contributed by atoms with Crippen molar-refractivity contribution in [1.29, 1.82) is 0 Å². The molecule has 1 aromatic carbocycles. The molecule has 5 heteroatoms. The number of aromatic nitrogens is 1. The van der Waals surface area contributed by atoms with Gasteiger partial charge in [0.05, 0.1) is 0 Å². The van der Waals surface area contributed by atoms with Crippen LogP contribution >= 0.6 is 0 Å². The number of pyridine rings is 1. The molecule has 0 spiro atoms. The number of ketones is 1. The molecule has 18 heavy (non-hydrogen) atoms. The van der Waals surface area contributed by atoms with E-state index in [2.05, 4.69) is 10.1 Å². The molecule has 0 saturated carbocycles. The van der Waals surface area contributed by atoms with Gasteiger partial charge in [-0.25, -0.2) is 4.98 Å². The van der Waals surface area contributed by atoms with Gasteiger partial charge in [0.25, 0.3) is 0 Å². The summed E-state index contributed by atoms with van der Waals surface area (Å²) in [6.45, 7) is 0. The van der Waals surface area contributed by atoms with E-state index >= 15 is 0 Å². The molecular formula is C13H9FN2O2. The van der Waals surface area contributed by atoms with Crippen LogP contribution in [0.4, 0.5) is 4.39 Å². The summed E-state index contributed by atoms with van der Waals surface area (Å²) in [5.74, 6) is -1.22. The summed E-state index contributed by atoms with van der Waals surface area (Å²) in [6.07, 6.45) is 1.20. The maximum atomic E-state index is 13.0. The van der Waals surface area contributed by atoms with Crippen LogP contribution in [-0.2, 0) is 0 Å². The third-order valence-corrected chi connectivity index (χ3v) is 2.35. The number of benzene rings is 1. The van der Waals surface area contributed by atoms with Crippen molar-refractivity contribution in [1.82, 2.24) is 4.98 Å². The molecule has 1 heterocycles. The first-order valence-electron chi connectivity index (χ1n) is 5.16. The van der Waals surface area contributed by atoms with Gasteiger partial charge in [-0.1, -0.05) is 35.5 Å². The Morgan fingerprint density at radius 3 is 2.50 bits per heavy atom. The fourth-order valence-corrected chi connectivity index (χ4v) is 1.51. The number of nitrogens with zero attached hydrogens (tertiary/aromatic N) is 2. The fraction of sp³-hybridized carbons (Fsp3) is 0. The minimum absolute atomic E-state index is 0.179. The monoisotopic (exact) mass is 244 g/mol. The van der Waals surface area contributed by atoms with Gasteiger partial charge in [0.1, 0.15) is 0 Å². The third-order valence-electron chi connectivity index (χ3n) is 2.35. The minimum Gasteiger partial charge on any atom is -0.410 e. The lowest BCUT2D eigenvalue weighted by Crippen LogP contribution is -2.16. The van der Waals surface area contributed by atoms with Crippen LogP contribution < -0.4 is 0 Å². The zero-order valence-corrected chi connectivity index (χ0v) is 9.25. The molecule has 0 bridgehead atoms. The Kier molecular flexibility index (Phi) is 3.43. The van der Waals surface area contributed by atoms with Gasteiger partial charge < -0.3 is 5.21 Å². The van der Waals surface area contributed by atoms with E-state index in [9.17, 15) is 9.18 Å². The highest BCUT2D eigenvalue weighted by Crippen LogP contribution is 2.09. The van der Waals surface area contributed by atoms with E-state index in [1.54, 1.807) is 30.3 Å². The molecule has 0 amide bonds. The first-order chi connectivity index (χ1) is 8.72. The number of rotatable bonds is 3. The smallest absolute Gasteiger partial charge is 0.215 e. The van der Waals surface area contributed by atoms with Crippen molar-refractivity contribution in [2.45, 2.75) is 0 Å². The third kappa shape index (κ3) is 2.40. The van der Waals surface area contributed by atoms with E-state index in [-0.39, 0.29) is 11.3 Å². The fourth-order valence-electron chi connectivity index (χ4n) is 1.51. The standard InChI is InChI=1S/C13H9FN2O2/c14-11-8-10(6-7-15-11)12(16-18)13(17)9-4-2-1-3-5-9/h1-8,18H. The van der Waals surface area contributed by atoms with Gasteiger partial charge in [-0.2, -0.15) is 4.39 Å². The number of carbonyl (C=O) groups is 1. The summed E-state index contributed by atoms with van der Waals surface area (Å²) in [5.41, 5.74) is 0.323. The van der Waals surface area contributed by atoms with Crippen LogP contribution in [0.5, 0.6) is 0 Å². The molecule has 0 fully saturated rings. The van der Waals surface area contributed by atoms with Crippen molar-refractivity contribution >= 4 is 11.5 Å². The molecule has 0 radical (unpaired) electrons. The Hall–Kier alpha value is -2.56. The summed E-state index contributed by atoms with van der Waals surface area (Å²) < 4.78 is 13.0. The Balaban J connectivity index is 2.39. The zero-order valence-electron chi connectivity index (χ0n) is 9.25. The number of halogens is 1. The van der Waals surface area contributed by atoms with Crippen LogP contribution in [0.15, 0.2) is 53.8 Å². The molecule has 0 saturated heterocycles. The second-order valence-electron chi connectivity index (χ2n) is 3.51. The summed E-state index contributed by atoms with van der Waals surface area (Å²) in [4.78, 5) is 15.4. The summed E-state index contributed by atoms with van der Waals surface area (Å²) in [5, 5.41) is 11.9. The Bertz CT molecular complexity index is 597. The van der Waals surface area contributed by atoms with Crippen LogP contribution in [0, 0.1) is 5.95 Å². The molecule has 0 aliphatic rings. The van der Waals surface area contributed by atoms with Gasteiger partial charge in [-0.3, -0.25) is 4.79 Å². The number of carbonyl (C=O) groups excluding carboxylic acids is 1. The lowest BCUT2D eigenvalue weighted by Gasteiger charge is -2.03. The number of Topliss-reactive ketones (excluding diaryl/α,β-unsaturated/α-hetero) is 1. The van der Waals surface area contributed by atoms with E-state index in [4.69, 9.17) is 5.21 Å². The predicted molar refractivity (Wildman–Crippen MR) is 63.3 cm³/mol. The molecule has 0 unspecified atom stereocenters. The Morgan fingerprint density at radius 1 is 1.17 bits per heavy atom. The average Bonchev–Trinajstić information content (AvgIpc) is 2.40. The van der Waals surface area contributed by atoms with Crippen molar-refractivity contribution in [3.63, 3.8) is 0 Å². The Labute approximate surface area is 102 Å². The SMILES string of the molecule is O=C(C(=NO)c1ccnc(F)c1)c1ccccc1. The lowest BCUT2D eigenvalue weighted by molar-refractivity contribution is 0.106. The summed E-state index contributed by atoms with van der Waals surface area (Å²) in [6, 6.07) is 10.8. The number of oxime groups is 1. The molecule has 0 atom stereocenters. The van der Waals surface area contributed by atoms with Crippen LogP contribution in [-0.4, -0.2) is 21.7 Å². The van der Waals surface area contributed by atoms with Crippen molar-refractivity contribution in [3.8, 4) is 0 Å². The van der Waals surface area contributed by atoms with Crippen LogP contribution in [0.2, 0.25) is 0 Å². The normalized spacial score (nSPS) is 11.3. The largest absolute Gasteiger partial charge is 0.410 e. The molecule has 90 valence electrons. The second-order valence-corrected chi connectivity index (χ2v) is 3.51. The summed E-state index contributed by atoms with van der Waals surface area (Å²) in [7, 11) is 0. The average molecular weight is 244 g/mol. The first-order valence-corrected chi connectivity index (χ1v) is 5.16. The lowest BCUT2D eigenvalue weighted by atomic mass is 10.0. The van der Waals surface area contributed by atoms with Gasteiger partial charge in [-0.05, 0) is 6.07 Å². The number of hydrogen-bond acceptors (Lipinski definition) is 4. The second kappa shape index (κ2) is 5.18. The maximum Gasteiger partial charge on any atom is 0.215 e. The minimum atomic E-state index is -0.741. The predicted octanol–water partition coefficient (Wildman–Crippen LogP) is 2.28. The molecule has 2 aromatic rings. The quantitative estimate of drug-likeness (QED) is 0.296. The van der Waals surface area contributed by atoms with Gasteiger partial charge in [0.2, 0.25) is 11.7 Å². The molecular weight excluding hydrogens is 235 g/mol. The van der Waals surface area contributed by atoms with Crippen LogP contribution in [0.3, 0.4) is 0 Å². The number of hydrogen-bond donors (Lipinski definition) is 1. The van der Waals surface area contributed by atoms with Crippen LogP contribution in [0.1, 0.15) is 15.9 Å². The molecule has 1 aromatic heterocycles. The van der Waals surface area contributed by atoms with Gasteiger partial charge in [-0.15, -0.1) is 0 Å².